The summed E-state index contributed by atoms with van der Waals surface area (Å²) in [7, 11) is 0. The van der Waals surface area contributed by atoms with Gasteiger partial charge >= 0.3 is 0 Å². The van der Waals surface area contributed by atoms with Crippen LogP contribution in [-0.2, 0) is 72.1 Å². The van der Waals surface area contributed by atoms with Gasteiger partial charge in [-0.3, -0.25) is 38.8 Å². The minimum atomic E-state index is -1.93. The lowest BCUT2D eigenvalue weighted by molar-refractivity contribution is -0.353. The largest absolute Gasteiger partial charge is 0.489 e. The van der Waals surface area contributed by atoms with Crippen LogP contribution in [-0.4, -0.2) is 289 Å². The van der Waals surface area contributed by atoms with Gasteiger partial charge in [0.15, 0.2) is 24.4 Å². The molecule has 6 aliphatic heterocycles. The van der Waals surface area contributed by atoms with Gasteiger partial charge in [0, 0.05) is 12.3 Å². The number of benzene rings is 4. The van der Waals surface area contributed by atoms with Crippen LogP contribution in [0.2, 0.25) is 0 Å². The minimum Gasteiger partial charge on any atom is -0.489 e. The van der Waals surface area contributed by atoms with Crippen molar-refractivity contribution in [2.75, 3.05) is 46.1 Å². The molecule has 6 amide bonds. The third-order valence-corrected chi connectivity index (χ3v) is 18.8. The number of rotatable bonds is 23. The Bertz CT molecular complexity index is 3590. The second kappa shape index (κ2) is 35.8. The molecule has 0 aromatic heterocycles. The van der Waals surface area contributed by atoms with Crippen molar-refractivity contribution in [1.29, 1.82) is 0 Å². The number of nitrogens with zero attached hydrogens (tertiary/aromatic N) is 3. The first-order chi connectivity index (χ1) is 49.9. The van der Waals surface area contributed by atoms with E-state index in [1.54, 1.807) is 61.5 Å². The van der Waals surface area contributed by atoms with E-state index in [1.165, 1.54) is 29.2 Å². The zero-order valence-corrected chi connectivity index (χ0v) is 56.4. The Hall–Kier alpha value is -8.80. The van der Waals surface area contributed by atoms with E-state index in [0.29, 0.717) is 23.5 Å². The van der Waals surface area contributed by atoms with Gasteiger partial charge in [0.2, 0.25) is 41.7 Å². The summed E-state index contributed by atoms with van der Waals surface area (Å²) in [6, 6.07) is 20.7. The van der Waals surface area contributed by atoms with Crippen LogP contribution in [0.3, 0.4) is 0 Å². The fraction of sp³-hybridized carbons (Fsp3) is 0.529. The normalized spacial score (nSPS) is 33.6. The molecule has 104 heavy (non-hydrogen) atoms. The molecule has 4 aromatic rings. The molecule has 10 rings (SSSR count). The van der Waals surface area contributed by atoms with Crippen molar-refractivity contribution in [1.82, 2.24) is 42.1 Å². The van der Waals surface area contributed by atoms with Gasteiger partial charge in [0.1, 0.15) is 122 Å². The van der Waals surface area contributed by atoms with Gasteiger partial charge in [-0.1, -0.05) is 91.9 Å². The molecule has 4 fully saturated rings. The smallest absolute Gasteiger partial charge is 0.245 e. The Morgan fingerprint density at radius 1 is 0.529 bits per heavy atom. The van der Waals surface area contributed by atoms with Crippen LogP contribution in [0.25, 0.3) is 0 Å². The van der Waals surface area contributed by atoms with E-state index in [4.69, 9.17) is 44.6 Å². The molecular formula is C68H90N12O24. The fourth-order valence-electron chi connectivity index (χ4n) is 12.8. The Balaban J connectivity index is 0.855. The molecule has 3 unspecified atom stereocenters. The third-order valence-electron chi connectivity index (χ3n) is 18.8. The summed E-state index contributed by atoms with van der Waals surface area (Å²) >= 11 is 0. The van der Waals surface area contributed by atoms with E-state index in [-0.39, 0.29) is 56.8 Å². The van der Waals surface area contributed by atoms with Crippen LogP contribution >= 0.6 is 0 Å². The molecule has 23 atom stereocenters. The standard InChI is InChI=1S/C68H90N12O24/c1-32(36-10-6-3-7-11-36)49-63(97)77-41(20-33-12-18-40(19-13-33)100-65-57(92)54(89)58(46(28-83)102-65)104-66-56(91)53(88)51(86)47(103-66)31-98-29-35-14-16-39(17-15-35)99-30-34-8-4-2-5-9-34)60(94)75-42(21-37-23-72-67(69)74-37)61(95)76-43(62(96)78-44(26-81)59(93)71-25-48(84)79-49)22-38-24-73-68(70)80(38)64-55(90)52(87)50(85)45(27-82)101-64/h2-19,32,37-38,41-47,49-58,64-66,81-83,85-92H,20-31H2,1H3,(H2,70,73)(H,71,93)(H,75,94)(H,76,95)(H,77,97)(H,78,96)(H,79,84)(H3,69,72,74)/t32?,37?,38?,41-,42+,43-,44+,45-,46-,47-,49+,50-,51-,52+,53+,54-,55+,56+,57+,58-,64+,65+,66-/m1/s1. The molecule has 6 aliphatic rings. The number of hydrogen-bond acceptors (Lipinski definition) is 30. The monoisotopic (exact) mass is 1460 g/mol. The summed E-state index contributed by atoms with van der Waals surface area (Å²) in [5.41, 5.74) is 14.9. The van der Waals surface area contributed by atoms with Gasteiger partial charge in [-0.15, -0.1) is 0 Å². The van der Waals surface area contributed by atoms with Crippen molar-refractivity contribution >= 4 is 47.4 Å². The maximum absolute atomic E-state index is 15.2. The first-order valence-electron chi connectivity index (χ1n) is 33.9. The van der Waals surface area contributed by atoms with Gasteiger partial charge in [-0.05, 0) is 59.4 Å². The Labute approximate surface area is 595 Å². The third kappa shape index (κ3) is 19.2. The maximum Gasteiger partial charge on any atom is 0.245 e. The highest BCUT2D eigenvalue weighted by atomic mass is 16.7. The summed E-state index contributed by atoms with van der Waals surface area (Å²) in [6.45, 7) is -2.05. The molecule has 0 bridgehead atoms. The molecule has 36 nitrogen and oxygen atoms in total. The average Bonchev–Trinajstić information content (AvgIpc) is 1.26. The number of guanidine groups is 2. The number of carbonyl (C=O) groups is 6. The Morgan fingerprint density at radius 3 is 1.76 bits per heavy atom. The second-order valence-corrected chi connectivity index (χ2v) is 26.1. The number of aliphatic imine (C=N–C) groups is 2. The second-order valence-electron chi connectivity index (χ2n) is 26.1. The van der Waals surface area contributed by atoms with Gasteiger partial charge in [-0.25, -0.2) is 0 Å². The van der Waals surface area contributed by atoms with Crippen molar-refractivity contribution < 1.29 is 118 Å². The number of nitrogens with one attached hydrogen (secondary N) is 7. The Kier molecular flexibility index (Phi) is 26.8. The van der Waals surface area contributed by atoms with Crippen molar-refractivity contribution in [3.63, 3.8) is 0 Å². The number of carbonyl (C=O) groups excluding carboxylic acids is 6. The van der Waals surface area contributed by atoms with Gasteiger partial charge in [0.25, 0.3) is 0 Å². The van der Waals surface area contributed by atoms with E-state index >= 15 is 9.59 Å². The molecule has 4 aromatic carbocycles. The average molecular weight is 1460 g/mol. The zero-order valence-electron chi connectivity index (χ0n) is 56.4. The number of ether oxygens (including phenoxy) is 7. The number of amides is 6. The molecule has 0 aliphatic carbocycles. The minimum absolute atomic E-state index is 0.00168. The maximum atomic E-state index is 15.2. The van der Waals surface area contributed by atoms with Crippen molar-refractivity contribution in [3.05, 3.63) is 131 Å². The predicted molar refractivity (Wildman–Crippen MR) is 360 cm³/mol. The first-order valence-corrected chi connectivity index (χ1v) is 33.9. The molecule has 4 saturated heterocycles. The molecule has 36 heteroatoms. The highest BCUT2D eigenvalue weighted by Gasteiger charge is 2.53. The van der Waals surface area contributed by atoms with Crippen LogP contribution in [0.1, 0.15) is 47.9 Å². The van der Waals surface area contributed by atoms with E-state index in [0.717, 1.165) is 11.1 Å². The number of nitrogens with two attached hydrogens (primary N) is 2. The van der Waals surface area contributed by atoms with Crippen LogP contribution in [0.15, 0.2) is 119 Å². The van der Waals surface area contributed by atoms with Crippen LogP contribution in [0, 0.1) is 0 Å². The Morgan fingerprint density at radius 2 is 1.11 bits per heavy atom. The molecular weight excluding hydrogens is 1370 g/mol. The van der Waals surface area contributed by atoms with Crippen molar-refractivity contribution in [2.24, 2.45) is 21.5 Å². The van der Waals surface area contributed by atoms with Crippen LogP contribution in [0.4, 0.5) is 0 Å². The lowest BCUT2D eigenvalue weighted by Gasteiger charge is -2.46. The van der Waals surface area contributed by atoms with E-state index in [9.17, 15) is 75.3 Å². The predicted octanol–water partition coefficient (Wildman–Crippen LogP) is -7.75. The van der Waals surface area contributed by atoms with E-state index in [2.05, 4.69) is 47.2 Å². The molecule has 0 saturated carbocycles. The van der Waals surface area contributed by atoms with Gasteiger partial charge in [-0.2, -0.15) is 0 Å². The fourth-order valence-corrected chi connectivity index (χ4v) is 12.8. The zero-order chi connectivity index (χ0) is 74.5. The van der Waals surface area contributed by atoms with E-state index < -0.39 is 208 Å². The summed E-state index contributed by atoms with van der Waals surface area (Å²) in [5.74, 6) is -6.58. The lowest BCUT2D eigenvalue weighted by atomic mass is 9.92. The number of hydrogen-bond donors (Lipinski definition) is 20. The summed E-state index contributed by atoms with van der Waals surface area (Å²) in [5, 5.41) is 138. The topological polar surface area (TPSA) is 554 Å². The van der Waals surface area contributed by atoms with E-state index in [1.807, 2.05) is 30.3 Å². The van der Waals surface area contributed by atoms with Gasteiger partial charge in [0.05, 0.1) is 64.8 Å². The molecule has 0 radical (unpaired) electrons. The van der Waals surface area contributed by atoms with Crippen LogP contribution < -0.4 is 58.2 Å². The summed E-state index contributed by atoms with van der Waals surface area (Å²) in [4.78, 5) is 97.0. The highest BCUT2D eigenvalue weighted by Crippen LogP contribution is 2.33. The van der Waals surface area contributed by atoms with Crippen molar-refractivity contribution in [2.45, 2.75) is 180 Å². The number of aliphatic hydroxyl groups is 11. The van der Waals surface area contributed by atoms with Gasteiger partial charge < -0.3 is 143 Å². The first kappa shape index (κ1) is 77.8. The molecule has 6 heterocycles. The molecule has 566 valence electrons. The summed E-state index contributed by atoms with van der Waals surface area (Å²) in [6.07, 6.45) is -26.9. The summed E-state index contributed by atoms with van der Waals surface area (Å²) < 4.78 is 41.1. The van der Waals surface area contributed by atoms with Crippen molar-refractivity contribution in [3.8, 4) is 11.5 Å². The number of aliphatic hydroxyl groups excluding tert-OH is 11. The highest BCUT2D eigenvalue weighted by molar-refractivity contribution is 5.98. The quantitative estimate of drug-likeness (QED) is 0.0328. The SMILES string of the molecule is CC(c1ccccc1)[C@@H]1NC(=O)CNC(=O)[C@H](CO)NC(=O)[C@@H](CC2CN=C(N)N2[C@H]2O[C@H](CO)[C@@H](O)[C@H](O)[C@@H]2O)NC(=O)[C@H](CC2CN=C(N)N2)NC(=O)[C@@H](Cc2ccc(O[C@H]3O[C@H](CO)[C@@H](O[C@H]4O[C@H](COCc5ccc(OCc6ccccc6)cc5)[C@@H](O)[C@H](O)[C@@H]4O)[C@H](O)[C@@H]3O)cc2)NC1=O. The lowest BCUT2D eigenvalue weighted by Crippen LogP contribution is -2.66. The molecule has 0 spiro atoms. The molecule has 22 N–H and O–H groups in total. The van der Waals surface area contributed by atoms with Crippen LogP contribution in [0.5, 0.6) is 11.5 Å².